The normalized spacial score (nSPS) is 10.5. The number of hydrogen-bond donors (Lipinski definition) is 1. The van der Waals surface area contributed by atoms with Crippen LogP contribution < -0.4 is 5.32 Å². The molecule has 0 aliphatic rings. The van der Waals surface area contributed by atoms with Crippen molar-refractivity contribution in [1.29, 1.82) is 0 Å². The molecule has 5 heteroatoms. The lowest BCUT2D eigenvalue weighted by molar-refractivity contribution is 0.102. The molecule has 0 atom stereocenters. The second-order valence-corrected chi connectivity index (χ2v) is 5.09. The van der Waals surface area contributed by atoms with E-state index in [9.17, 15) is 9.18 Å². The van der Waals surface area contributed by atoms with Crippen LogP contribution in [-0.4, -0.2) is 11.1 Å². The molecule has 1 N–H and O–H groups in total. The summed E-state index contributed by atoms with van der Waals surface area (Å²) in [5.74, 6) is -0.526. The number of aryl methyl sites for hydroxylation is 1. The smallest absolute Gasteiger partial charge is 0.258 e. The summed E-state index contributed by atoms with van der Waals surface area (Å²) in [5, 5.41) is 6.55. The van der Waals surface area contributed by atoms with Crippen molar-refractivity contribution in [2.45, 2.75) is 13.3 Å². The zero-order valence-electron chi connectivity index (χ0n) is 12.5. The minimum absolute atomic E-state index is 0.244. The van der Waals surface area contributed by atoms with Crippen molar-refractivity contribution in [1.82, 2.24) is 5.16 Å². The highest BCUT2D eigenvalue weighted by Gasteiger charge is 2.11. The third-order valence-electron chi connectivity index (χ3n) is 3.51. The van der Waals surface area contributed by atoms with Crippen LogP contribution >= 0.6 is 0 Å². The fourth-order valence-corrected chi connectivity index (χ4v) is 2.17. The number of carbonyl (C=O) groups excluding carboxylic acids is 1. The van der Waals surface area contributed by atoms with E-state index >= 15 is 0 Å². The maximum Gasteiger partial charge on any atom is 0.258 e. The molecule has 2 aromatic carbocycles. The first-order chi connectivity index (χ1) is 11.2. The maximum atomic E-state index is 12.9. The summed E-state index contributed by atoms with van der Waals surface area (Å²) in [6, 6.07) is 14.9. The van der Waals surface area contributed by atoms with Gasteiger partial charge in [0.05, 0.1) is 0 Å². The lowest BCUT2D eigenvalue weighted by Gasteiger charge is -2.00. The molecule has 0 spiro atoms. The summed E-state index contributed by atoms with van der Waals surface area (Å²) in [4.78, 5) is 12.0. The first-order valence-electron chi connectivity index (χ1n) is 7.28. The first kappa shape index (κ1) is 15.0. The van der Waals surface area contributed by atoms with Crippen molar-refractivity contribution in [2.24, 2.45) is 0 Å². The molecule has 0 saturated heterocycles. The highest BCUT2D eigenvalue weighted by molar-refractivity contribution is 6.03. The number of aromatic nitrogens is 1. The Bertz CT molecular complexity index is 808. The van der Waals surface area contributed by atoms with Crippen LogP contribution in [0.2, 0.25) is 0 Å². The van der Waals surface area contributed by atoms with Crippen LogP contribution in [0.3, 0.4) is 0 Å². The van der Waals surface area contributed by atoms with E-state index in [0.29, 0.717) is 11.3 Å². The Balaban J connectivity index is 1.73. The van der Waals surface area contributed by atoms with E-state index < -0.39 is 0 Å². The van der Waals surface area contributed by atoms with Crippen molar-refractivity contribution in [3.63, 3.8) is 0 Å². The van der Waals surface area contributed by atoms with Gasteiger partial charge in [-0.15, -0.1) is 0 Å². The summed E-state index contributed by atoms with van der Waals surface area (Å²) in [5.41, 5.74) is 3.13. The van der Waals surface area contributed by atoms with Crippen molar-refractivity contribution in [3.05, 3.63) is 71.5 Å². The molecule has 0 unspecified atom stereocenters. The van der Waals surface area contributed by atoms with Crippen LogP contribution in [0.25, 0.3) is 11.3 Å². The number of nitrogens with zero attached hydrogens (tertiary/aromatic N) is 1. The Labute approximate surface area is 132 Å². The van der Waals surface area contributed by atoms with Gasteiger partial charge in [-0.05, 0) is 36.2 Å². The van der Waals surface area contributed by atoms with E-state index in [1.165, 1.54) is 29.8 Å². The minimum Gasteiger partial charge on any atom is -0.338 e. The average molecular weight is 310 g/mol. The number of nitrogens with one attached hydrogen (secondary N) is 1. The molecule has 0 fully saturated rings. The van der Waals surface area contributed by atoms with E-state index in [1.807, 2.05) is 24.3 Å². The van der Waals surface area contributed by atoms with Crippen molar-refractivity contribution >= 4 is 11.8 Å². The number of rotatable bonds is 4. The highest BCUT2D eigenvalue weighted by atomic mass is 19.1. The van der Waals surface area contributed by atoms with Gasteiger partial charge in [-0.25, -0.2) is 4.39 Å². The Morgan fingerprint density at radius 1 is 1.13 bits per heavy atom. The topological polar surface area (TPSA) is 55.1 Å². The van der Waals surface area contributed by atoms with Gasteiger partial charge < -0.3 is 4.52 Å². The van der Waals surface area contributed by atoms with Crippen molar-refractivity contribution in [3.8, 4) is 11.3 Å². The number of hydrogen-bond acceptors (Lipinski definition) is 3. The van der Waals surface area contributed by atoms with Crippen LogP contribution in [0.5, 0.6) is 0 Å². The SMILES string of the molecule is CCc1ccc(-c2cc(NC(=O)c3ccc(F)cc3)on2)cc1. The molecule has 4 nitrogen and oxygen atoms in total. The van der Waals surface area contributed by atoms with E-state index in [2.05, 4.69) is 17.4 Å². The number of carbonyl (C=O) groups is 1. The van der Waals surface area contributed by atoms with Crippen LogP contribution in [0.1, 0.15) is 22.8 Å². The van der Waals surface area contributed by atoms with Gasteiger partial charge in [-0.2, -0.15) is 0 Å². The molecule has 0 aliphatic carbocycles. The Morgan fingerprint density at radius 2 is 1.83 bits per heavy atom. The molecule has 3 aromatic rings. The summed E-state index contributed by atoms with van der Waals surface area (Å²) < 4.78 is 18.0. The van der Waals surface area contributed by atoms with E-state index in [-0.39, 0.29) is 17.6 Å². The van der Waals surface area contributed by atoms with Gasteiger partial charge in [0.2, 0.25) is 5.88 Å². The predicted octanol–water partition coefficient (Wildman–Crippen LogP) is 4.30. The second kappa shape index (κ2) is 6.44. The van der Waals surface area contributed by atoms with Crippen LogP contribution in [0.15, 0.2) is 59.1 Å². The lowest BCUT2D eigenvalue weighted by Crippen LogP contribution is -2.11. The molecular weight excluding hydrogens is 295 g/mol. The first-order valence-corrected chi connectivity index (χ1v) is 7.28. The van der Waals surface area contributed by atoms with E-state index in [4.69, 9.17) is 4.52 Å². The van der Waals surface area contributed by atoms with E-state index in [0.717, 1.165) is 12.0 Å². The standard InChI is InChI=1S/C18H15FN2O2/c1-2-12-3-5-13(6-4-12)16-11-17(23-21-16)20-18(22)14-7-9-15(19)10-8-14/h3-11H,2H2,1H3,(H,20,22). The van der Waals surface area contributed by atoms with Gasteiger partial charge in [0.1, 0.15) is 11.5 Å². The van der Waals surface area contributed by atoms with Gasteiger partial charge in [0.15, 0.2) is 0 Å². The monoisotopic (exact) mass is 310 g/mol. The molecule has 116 valence electrons. The number of halogens is 1. The van der Waals surface area contributed by atoms with Crippen molar-refractivity contribution in [2.75, 3.05) is 5.32 Å². The molecular formula is C18H15FN2O2. The third kappa shape index (κ3) is 3.45. The van der Waals surface area contributed by atoms with Gasteiger partial charge in [0.25, 0.3) is 5.91 Å². The summed E-state index contributed by atoms with van der Waals surface area (Å²) in [7, 11) is 0. The molecule has 3 rings (SSSR count). The van der Waals surface area contributed by atoms with Gasteiger partial charge in [0, 0.05) is 17.2 Å². The van der Waals surface area contributed by atoms with Crippen LogP contribution in [-0.2, 0) is 6.42 Å². The fraction of sp³-hybridized carbons (Fsp3) is 0.111. The largest absolute Gasteiger partial charge is 0.338 e. The number of amides is 1. The molecule has 23 heavy (non-hydrogen) atoms. The molecule has 0 radical (unpaired) electrons. The Kier molecular flexibility index (Phi) is 4.19. The fourth-order valence-electron chi connectivity index (χ4n) is 2.17. The highest BCUT2D eigenvalue weighted by Crippen LogP contribution is 2.22. The predicted molar refractivity (Wildman–Crippen MR) is 85.7 cm³/mol. The zero-order valence-corrected chi connectivity index (χ0v) is 12.5. The lowest BCUT2D eigenvalue weighted by atomic mass is 10.1. The molecule has 0 bridgehead atoms. The minimum atomic E-state index is -0.390. The molecule has 1 heterocycles. The zero-order chi connectivity index (χ0) is 16.2. The third-order valence-corrected chi connectivity index (χ3v) is 3.51. The summed E-state index contributed by atoms with van der Waals surface area (Å²) in [6.45, 7) is 2.09. The molecule has 1 amide bonds. The van der Waals surface area contributed by atoms with Crippen LogP contribution in [0, 0.1) is 5.82 Å². The van der Waals surface area contributed by atoms with Gasteiger partial charge >= 0.3 is 0 Å². The summed E-state index contributed by atoms with van der Waals surface area (Å²) in [6.07, 6.45) is 0.970. The Morgan fingerprint density at radius 3 is 2.48 bits per heavy atom. The van der Waals surface area contributed by atoms with Gasteiger partial charge in [-0.3, -0.25) is 10.1 Å². The second-order valence-electron chi connectivity index (χ2n) is 5.09. The summed E-state index contributed by atoms with van der Waals surface area (Å²) >= 11 is 0. The molecule has 1 aromatic heterocycles. The van der Waals surface area contributed by atoms with E-state index in [1.54, 1.807) is 6.07 Å². The quantitative estimate of drug-likeness (QED) is 0.782. The Hall–Kier alpha value is -2.95. The molecule has 0 aliphatic heterocycles. The average Bonchev–Trinajstić information content (AvgIpc) is 3.04. The van der Waals surface area contributed by atoms with Gasteiger partial charge in [-0.1, -0.05) is 36.3 Å². The number of anilines is 1. The number of benzene rings is 2. The maximum absolute atomic E-state index is 12.9. The molecule has 0 saturated carbocycles. The van der Waals surface area contributed by atoms with Crippen molar-refractivity contribution < 1.29 is 13.7 Å². The van der Waals surface area contributed by atoms with Crippen LogP contribution in [0.4, 0.5) is 10.3 Å².